The standard InChI is InChI=1S/C7H9N3O4/c11-6(8-13)5(7(12)9-14)10-3-1-2-4-10/h1-5,13-14H,(H,8,11)(H,9,12). The highest BCUT2D eigenvalue weighted by molar-refractivity contribution is 6.01. The lowest BCUT2D eigenvalue weighted by Crippen LogP contribution is -2.40. The van der Waals surface area contributed by atoms with Crippen LogP contribution in [0.2, 0.25) is 0 Å². The van der Waals surface area contributed by atoms with Crippen LogP contribution >= 0.6 is 0 Å². The summed E-state index contributed by atoms with van der Waals surface area (Å²) in [6, 6.07) is 1.87. The molecule has 1 aromatic rings. The van der Waals surface area contributed by atoms with Crippen LogP contribution in [-0.4, -0.2) is 26.8 Å². The number of aromatic nitrogens is 1. The van der Waals surface area contributed by atoms with Crippen LogP contribution in [0, 0.1) is 0 Å². The molecule has 0 unspecified atom stereocenters. The maximum atomic E-state index is 11.1. The van der Waals surface area contributed by atoms with Crippen molar-refractivity contribution in [1.29, 1.82) is 0 Å². The van der Waals surface area contributed by atoms with Crippen molar-refractivity contribution >= 4 is 11.8 Å². The first-order valence-corrected chi connectivity index (χ1v) is 3.71. The molecule has 0 aliphatic rings. The maximum Gasteiger partial charge on any atom is 0.276 e. The third-order valence-electron chi connectivity index (χ3n) is 1.64. The van der Waals surface area contributed by atoms with E-state index in [2.05, 4.69) is 0 Å². The van der Waals surface area contributed by atoms with Crippen molar-refractivity contribution in [2.24, 2.45) is 0 Å². The van der Waals surface area contributed by atoms with Crippen LogP contribution in [0.15, 0.2) is 24.5 Å². The Hall–Kier alpha value is -1.86. The molecule has 0 aliphatic heterocycles. The van der Waals surface area contributed by atoms with Crippen molar-refractivity contribution in [3.63, 3.8) is 0 Å². The summed E-state index contributed by atoms with van der Waals surface area (Å²) in [6.07, 6.45) is 2.91. The Morgan fingerprint density at radius 3 is 1.86 bits per heavy atom. The van der Waals surface area contributed by atoms with E-state index in [1.807, 2.05) is 0 Å². The number of carbonyl (C=O) groups is 2. The topological polar surface area (TPSA) is 104 Å². The first kappa shape index (κ1) is 10.2. The molecule has 0 aromatic carbocycles. The van der Waals surface area contributed by atoms with Crippen molar-refractivity contribution in [2.75, 3.05) is 0 Å². The molecule has 2 amide bonds. The van der Waals surface area contributed by atoms with Gasteiger partial charge in [0, 0.05) is 12.4 Å². The number of nitrogens with zero attached hydrogens (tertiary/aromatic N) is 1. The van der Waals surface area contributed by atoms with Crippen LogP contribution in [0.1, 0.15) is 6.04 Å². The van der Waals surface area contributed by atoms with Crippen LogP contribution < -0.4 is 11.0 Å². The fourth-order valence-corrected chi connectivity index (χ4v) is 1.03. The molecule has 76 valence electrons. The molecule has 14 heavy (non-hydrogen) atoms. The number of hydrogen-bond donors (Lipinski definition) is 4. The maximum absolute atomic E-state index is 11.1. The van der Waals surface area contributed by atoms with E-state index < -0.39 is 17.9 Å². The second kappa shape index (κ2) is 4.40. The molecule has 1 rings (SSSR count). The minimum absolute atomic E-state index is 0.937. The average molecular weight is 199 g/mol. The van der Waals surface area contributed by atoms with Gasteiger partial charge in [-0.25, -0.2) is 11.0 Å². The highest BCUT2D eigenvalue weighted by Crippen LogP contribution is 2.06. The van der Waals surface area contributed by atoms with Gasteiger partial charge in [-0.15, -0.1) is 0 Å². The average Bonchev–Trinajstić information content (AvgIpc) is 2.70. The predicted molar refractivity (Wildman–Crippen MR) is 43.3 cm³/mol. The lowest BCUT2D eigenvalue weighted by Gasteiger charge is -2.13. The summed E-state index contributed by atoms with van der Waals surface area (Å²) in [5, 5.41) is 16.7. The predicted octanol–water partition coefficient (Wildman–Crippen LogP) is -0.960. The van der Waals surface area contributed by atoms with Crippen LogP contribution in [-0.2, 0) is 9.59 Å². The number of amides is 2. The fourth-order valence-electron chi connectivity index (χ4n) is 1.03. The lowest BCUT2D eigenvalue weighted by atomic mass is 10.2. The highest BCUT2D eigenvalue weighted by atomic mass is 16.5. The Labute approximate surface area is 78.9 Å². The molecule has 7 nitrogen and oxygen atoms in total. The quantitative estimate of drug-likeness (QED) is 0.286. The van der Waals surface area contributed by atoms with E-state index in [9.17, 15) is 9.59 Å². The largest absolute Gasteiger partial charge is 0.334 e. The Bertz CT molecular complexity index is 306. The number of nitrogens with one attached hydrogen (secondary N) is 2. The van der Waals surface area contributed by atoms with Gasteiger partial charge in [-0.2, -0.15) is 0 Å². The van der Waals surface area contributed by atoms with E-state index in [1.54, 1.807) is 12.1 Å². The molecule has 7 heteroatoms. The highest BCUT2D eigenvalue weighted by Gasteiger charge is 2.27. The first-order valence-electron chi connectivity index (χ1n) is 3.71. The molecule has 0 radical (unpaired) electrons. The van der Waals surface area contributed by atoms with Crippen molar-refractivity contribution in [3.05, 3.63) is 24.5 Å². The summed E-state index contributed by atoms with van der Waals surface area (Å²) < 4.78 is 1.23. The molecule has 0 aliphatic carbocycles. The minimum Gasteiger partial charge on any atom is -0.334 e. The summed E-state index contributed by atoms with van der Waals surface area (Å²) in [4.78, 5) is 22.1. The summed E-state index contributed by atoms with van der Waals surface area (Å²) in [5.41, 5.74) is 2.67. The molecule has 0 saturated carbocycles. The number of carbonyl (C=O) groups excluding carboxylic acids is 2. The van der Waals surface area contributed by atoms with Gasteiger partial charge in [-0.05, 0) is 12.1 Å². The molecular formula is C7H9N3O4. The van der Waals surface area contributed by atoms with Crippen LogP contribution in [0.25, 0.3) is 0 Å². The van der Waals surface area contributed by atoms with Gasteiger partial charge in [-0.1, -0.05) is 0 Å². The Morgan fingerprint density at radius 1 is 1.07 bits per heavy atom. The number of rotatable bonds is 3. The Morgan fingerprint density at radius 2 is 1.50 bits per heavy atom. The van der Waals surface area contributed by atoms with Gasteiger partial charge >= 0.3 is 0 Å². The molecule has 1 heterocycles. The Kier molecular flexibility index (Phi) is 3.21. The van der Waals surface area contributed by atoms with Gasteiger partial charge in [0.1, 0.15) is 0 Å². The number of hydrogen-bond acceptors (Lipinski definition) is 4. The smallest absolute Gasteiger partial charge is 0.276 e. The van der Waals surface area contributed by atoms with Crippen molar-refractivity contribution in [2.45, 2.75) is 6.04 Å². The zero-order valence-electron chi connectivity index (χ0n) is 7.04. The molecule has 1 aromatic heterocycles. The zero-order valence-corrected chi connectivity index (χ0v) is 7.04. The van der Waals surface area contributed by atoms with Crippen molar-refractivity contribution < 1.29 is 20.0 Å². The summed E-state index contributed by atoms with van der Waals surface area (Å²) >= 11 is 0. The minimum atomic E-state index is -1.33. The lowest BCUT2D eigenvalue weighted by molar-refractivity contribution is -0.143. The SMILES string of the molecule is O=C(NO)C(C(=O)NO)n1cccc1. The van der Waals surface area contributed by atoms with Crippen LogP contribution in [0.5, 0.6) is 0 Å². The monoisotopic (exact) mass is 199 g/mol. The van der Waals surface area contributed by atoms with Gasteiger partial charge in [0.15, 0.2) is 6.04 Å². The molecule has 0 spiro atoms. The third kappa shape index (κ3) is 1.90. The van der Waals surface area contributed by atoms with E-state index in [1.165, 1.54) is 27.9 Å². The van der Waals surface area contributed by atoms with Gasteiger partial charge in [-0.3, -0.25) is 20.0 Å². The number of hydroxylamine groups is 2. The molecular weight excluding hydrogens is 190 g/mol. The van der Waals surface area contributed by atoms with Gasteiger partial charge in [0.05, 0.1) is 0 Å². The first-order chi connectivity index (χ1) is 6.70. The van der Waals surface area contributed by atoms with E-state index in [0.717, 1.165) is 0 Å². The molecule has 4 N–H and O–H groups in total. The Balaban J connectivity index is 2.94. The molecule has 0 fully saturated rings. The third-order valence-corrected chi connectivity index (χ3v) is 1.64. The van der Waals surface area contributed by atoms with Crippen molar-refractivity contribution in [3.8, 4) is 0 Å². The molecule has 0 atom stereocenters. The second-order valence-electron chi connectivity index (χ2n) is 2.48. The zero-order chi connectivity index (χ0) is 10.6. The van der Waals surface area contributed by atoms with E-state index in [0.29, 0.717) is 0 Å². The normalized spacial score (nSPS) is 9.93. The van der Waals surface area contributed by atoms with E-state index in [-0.39, 0.29) is 0 Å². The fraction of sp³-hybridized carbons (Fsp3) is 0.143. The van der Waals surface area contributed by atoms with Crippen molar-refractivity contribution in [1.82, 2.24) is 15.5 Å². The van der Waals surface area contributed by atoms with Gasteiger partial charge in [0.25, 0.3) is 11.8 Å². The van der Waals surface area contributed by atoms with E-state index in [4.69, 9.17) is 10.4 Å². The molecule has 0 saturated heterocycles. The van der Waals surface area contributed by atoms with Gasteiger partial charge in [0.2, 0.25) is 0 Å². The van der Waals surface area contributed by atoms with Crippen LogP contribution in [0.3, 0.4) is 0 Å². The van der Waals surface area contributed by atoms with E-state index >= 15 is 0 Å². The van der Waals surface area contributed by atoms with Gasteiger partial charge < -0.3 is 4.57 Å². The second-order valence-corrected chi connectivity index (χ2v) is 2.48. The summed E-state index contributed by atoms with van der Waals surface area (Å²) in [5.74, 6) is -1.87. The molecule has 0 bridgehead atoms. The summed E-state index contributed by atoms with van der Waals surface area (Å²) in [7, 11) is 0. The summed E-state index contributed by atoms with van der Waals surface area (Å²) in [6.45, 7) is 0. The van der Waals surface area contributed by atoms with Crippen LogP contribution in [0.4, 0.5) is 0 Å².